The van der Waals surface area contributed by atoms with Crippen molar-refractivity contribution in [3.63, 3.8) is 0 Å². The molecule has 3 heterocycles. The van der Waals surface area contributed by atoms with E-state index in [0.29, 0.717) is 11.8 Å². The number of hydrogen-bond acceptors (Lipinski definition) is 1. The van der Waals surface area contributed by atoms with Gasteiger partial charge in [-0.2, -0.15) is 4.57 Å². The van der Waals surface area contributed by atoms with Crippen LogP contribution in [0.5, 0.6) is 0 Å². The molecule has 4 heteroatoms. The number of aliphatic imine (C=N–C) groups is 1. The second-order valence-electron chi connectivity index (χ2n) is 15.2. The molecule has 0 amide bonds. The second-order valence-corrected chi connectivity index (χ2v) is 15.2. The van der Waals surface area contributed by atoms with E-state index >= 15 is 0 Å². The number of nitrogens with zero attached hydrogens (tertiary/aromatic N) is 4. The molecule has 0 aliphatic carbocycles. The van der Waals surface area contributed by atoms with Gasteiger partial charge in [0.25, 0.3) is 0 Å². The Kier molecular flexibility index (Phi) is 12.5. The maximum absolute atomic E-state index is 4.81. The van der Waals surface area contributed by atoms with Crippen molar-refractivity contribution in [3.8, 4) is 27.9 Å². The minimum absolute atomic E-state index is 0.422. The van der Waals surface area contributed by atoms with Gasteiger partial charge in [-0.05, 0) is 69.9 Å². The minimum Gasteiger partial charge on any atom is -0.257 e. The first kappa shape index (κ1) is 38.7. The number of aromatic nitrogens is 3. The number of para-hydroxylation sites is 2. The number of pyridine rings is 3. The van der Waals surface area contributed by atoms with Gasteiger partial charge in [0.2, 0.25) is 5.69 Å². The van der Waals surface area contributed by atoms with Crippen LogP contribution in [-0.4, -0.2) is 6.21 Å². The van der Waals surface area contributed by atoms with E-state index < -0.39 is 0 Å². The van der Waals surface area contributed by atoms with Gasteiger partial charge < -0.3 is 0 Å². The van der Waals surface area contributed by atoms with Crippen molar-refractivity contribution in [3.05, 3.63) is 217 Å². The summed E-state index contributed by atoms with van der Waals surface area (Å²) in [5.41, 5.74) is 14.6. The molecule has 0 aliphatic rings. The molecule has 3 aromatic heterocycles. The summed E-state index contributed by atoms with van der Waals surface area (Å²) in [6, 6.07) is 47.8. The molecule has 0 saturated carbocycles. The maximum atomic E-state index is 4.81. The van der Waals surface area contributed by atoms with Gasteiger partial charge in [0, 0.05) is 65.4 Å². The molecule has 0 bridgehead atoms. The fraction of sp³-hybridized carbons (Fsp3) is 0.170. The van der Waals surface area contributed by atoms with Crippen LogP contribution in [0.3, 0.4) is 0 Å². The van der Waals surface area contributed by atoms with Crippen LogP contribution in [-0.2, 0) is 13.1 Å². The summed E-state index contributed by atoms with van der Waals surface area (Å²) in [5, 5.41) is 0. The molecule has 0 atom stereocenters. The Balaban J connectivity index is 1.06. The van der Waals surface area contributed by atoms with Gasteiger partial charge in [0.05, 0.1) is 5.69 Å². The van der Waals surface area contributed by atoms with Crippen LogP contribution in [0.1, 0.15) is 74.3 Å². The fourth-order valence-corrected chi connectivity index (χ4v) is 7.45. The van der Waals surface area contributed by atoms with Gasteiger partial charge in [-0.3, -0.25) is 4.99 Å². The molecule has 0 saturated heterocycles. The summed E-state index contributed by atoms with van der Waals surface area (Å²) in [4.78, 5) is 4.81. The zero-order valence-corrected chi connectivity index (χ0v) is 33.8. The summed E-state index contributed by atoms with van der Waals surface area (Å²) < 4.78 is 6.74. The lowest BCUT2D eigenvalue weighted by molar-refractivity contribution is -0.688. The van der Waals surface area contributed by atoms with Gasteiger partial charge in [0.15, 0.2) is 50.3 Å². The largest absolute Gasteiger partial charge is 0.257 e. The first-order chi connectivity index (χ1) is 27.9. The lowest BCUT2D eigenvalue weighted by Crippen LogP contribution is -2.34. The monoisotopic (exact) mass is 745 g/mol. The molecule has 282 valence electrons. The Labute approximate surface area is 339 Å². The molecular weight excluding hydrogens is 693 g/mol. The zero-order chi connectivity index (χ0) is 39.6. The van der Waals surface area contributed by atoms with Crippen molar-refractivity contribution in [1.29, 1.82) is 0 Å². The smallest absolute Gasteiger partial charge is 0.214 e. The van der Waals surface area contributed by atoms with Crippen LogP contribution >= 0.6 is 0 Å². The average molecular weight is 746 g/mol. The molecule has 0 spiro atoms. The predicted molar refractivity (Wildman–Crippen MR) is 236 cm³/mol. The standard InChI is InChI=1S/C53H53N4/c1-6-15-42(24-31-54-52-22-13-11-18-48(52)40(2)3)43-25-32-55(33-26-43)38-46-16-7-9-20-50(46)51-21-10-8-17-47(51)39-56-34-27-44(28-35-56)45-29-36-57(37-30-45)53-23-14-12-19-49(53)41(4)5/h6-37,40-41H,38-39H2,1-5H3/q+3/b15-6-,42-24+,54-31+. The Morgan fingerprint density at radius 1 is 0.544 bits per heavy atom. The normalized spacial score (nSPS) is 12.0. The van der Waals surface area contributed by atoms with Gasteiger partial charge in [0.1, 0.15) is 0 Å². The highest BCUT2D eigenvalue weighted by Gasteiger charge is 2.17. The quantitative estimate of drug-likeness (QED) is 0.0638. The lowest BCUT2D eigenvalue weighted by atomic mass is 9.95. The van der Waals surface area contributed by atoms with Gasteiger partial charge in [-0.25, -0.2) is 9.13 Å². The average Bonchev–Trinajstić information content (AvgIpc) is 3.24. The predicted octanol–water partition coefficient (Wildman–Crippen LogP) is 11.6. The zero-order valence-electron chi connectivity index (χ0n) is 33.8. The van der Waals surface area contributed by atoms with Gasteiger partial charge in [-0.1, -0.05) is 125 Å². The number of allylic oxidation sites excluding steroid dienone is 4. The topological polar surface area (TPSA) is 24.0 Å². The molecule has 4 nitrogen and oxygen atoms in total. The van der Waals surface area contributed by atoms with Crippen molar-refractivity contribution >= 4 is 17.5 Å². The van der Waals surface area contributed by atoms with E-state index in [4.69, 9.17) is 4.99 Å². The Morgan fingerprint density at radius 3 is 1.61 bits per heavy atom. The molecule has 57 heavy (non-hydrogen) atoms. The van der Waals surface area contributed by atoms with Gasteiger partial charge >= 0.3 is 0 Å². The van der Waals surface area contributed by atoms with Crippen LogP contribution in [0.25, 0.3) is 33.5 Å². The maximum Gasteiger partial charge on any atom is 0.214 e. The van der Waals surface area contributed by atoms with E-state index in [9.17, 15) is 0 Å². The third-order valence-electron chi connectivity index (χ3n) is 10.5. The Hall–Kier alpha value is -6.52. The number of benzene rings is 4. The third-order valence-corrected chi connectivity index (χ3v) is 10.5. The SMILES string of the molecule is C\C=C/C(=C\C=N\c1ccccc1C(C)C)c1cc[n+](Cc2ccccc2-c2ccccc2C[n+]2ccc(-c3cc[n+](-c4ccccc4C(C)C)cc3)cc2)cc1. The highest BCUT2D eigenvalue weighted by molar-refractivity contribution is 5.89. The summed E-state index contributed by atoms with van der Waals surface area (Å²) in [5.74, 6) is 0.884. The second kappa shape index (κ2) is 18.4. The van der Waals surface area contributed by atoms with Gasteiger partial charge in [-0.15, -0.1) is 0 Å². The first-order valence-corrected chi connectivity index (χ1v) is 20.1. The molecule has 0 N–H and O–H groups in total. The summed E-state index contributed by atoms with van der Waals surface area (Å²) in [6.45, 7) is 12.5. The van der Waals surface area contributed by atoms with Crippen LogP contribution in [0.2, 0.25) is 0 Å². The molecule has 7 aromatic rings. The van der Waals surface area contributed by atoms with Crippen LogP contribution in [0.15, 0.2) is 194 Å². The Bertz CT molecular complexity index is 2500. The van der Waals surface area contributed by atoms with E-state index in [-0.39, 0.29) is 0 Å². The fourth-order valence-electron chi connectivity index (χ4n) is 7.45. The highest BCUT2D eigenvalue weighted by atomic mass is 14.9. The van der Waals surface area contributed by atoms with Crippen molar-refractivity contribution < 1.29 is 13.7 Å². The summed E-state index contributed by atoms with van der Waals surface area (Å²) in [7, 11) is 0. The van der Waals surface area contributed by atoms with E-state index in [1.165, 1.54) is 50.2 Å². The summed E-state index contributed by atoms with van der Waals surface area (Å²) in [6.07, 6.45) is 21.3. The minimum atomic E-state index is 0.422. The Morgan fingerprint density at radius 2 is 1.04 bits per heavy atom. The highest BCUT2D eigenvalue weighted by Crippen LogP contribution is 2.29. The molecule has 0 fully saturated rings. The van der Waals surface area contributed by atoms with E-state index in [1.54, 1.807) is 0 Å². The van der Waals surface area contributed by atoms with Crippen molar-refractivity contribution in [2.45, 2.75) is 59.5 Å². The molecular formula is C53H53N4+3. The van der Waals surface area contributed by atoms with Crippen molar-refractivity contribution in [2.24, 2.45) is 4.99 Å². The van der Waals surface area contributed by atoms with E-state index in [0.717, 1.165) is 29.9 Å². The first-order valence-electron chi connectivity index (χ1n) is 20.1. The molecule has 0 unspecified atom stereocenters. The molecule has 0 aliphatic heterocycles. The van der Waals surface area contributed by atoms with Crippen LogP contribution in [0.4, 0.5) is 5.69 Å². The van der Waals surface area contributed by atoms with Crippen molar-refractivity contribution in [2.75, 3.05) is 0 Å². The number of rotatable bonds is 13. The third kappa shape index (κ3) is 9.48. The van der Waals surface area contributed by atoms with Crippen molar-refractivity contribution in [1.82, 2.24) is 0 Å². The molecule has 7 rings (SSSR count). The lowest BCUT2D eigenvalue weighted by Gasteiger charge is -2.12. The van der Waals surface area contributed by atoms with Crippen LogP contribution in [0, 0.1) is 0 Å². The number of hydrogen-bond donors (Lipinski definition) is 0. The molecule has 4 aromatic carbocycles. The van der Waals surface area contributed by atoms with Crippen LogP contribution < -0.4 is 13.7 Å². The van der Waals surface area contributed by atoms with E-state index in [1.807, 2.05) is 12.3 Å². The summed E-state index contributed by atoms with van der Waals surface area (Å²) >= 11 is 0. The molecule has 0 radical (unpaired) electrons. The van der Waals surface area contributed by atoms with E-state index in [2.05, 4.69) is 231 Å².